The van der Waals surface area contributed by atoms with E-state index >= 15 is 0 Å². The molecule has 0 bridgehead atoms. The molecular weight excluding hydrogens is 373 g/mol. The van der Waals surface area contributed by atoms with Crippen LogP contribution in [0.4, 0.5) is 0 Å². The SMILES string of the molecule is CCNC(COc1cc(OCc2ccc(Cl)cn2)c(Cl)cn1)=C1CCC1. The molecule has 0 spiro atoms. The molecule has 1 N–H and O–H groups in total. The van der Waals surface area contributed by atoms with E-state index in [1.54, 1.807) is 18.3 Å². The summed E-state index contributed by atoms with van der Waals surface area (Å²) in [5.41, 5.74) is 3.35. The highest BCUT2D eigenvalue weighted by Gasteiger charge is 2.15. The third-order valence-corrected chi connectivity index (χ3v) is 4.61. The van der Waals surface area contributed by atoms with Crippen LogP contribution in [0.25, 0.3) is 0 Å². The summed E-state index contributed by atoms with van der Waals surface area (Å²) in [6.07, 6.45) is 6.65. The zero-order valence-electron chi connectivity index (χ0n) is 14.6. The first-order chi connectivity index (χ1) is 12.7. The lowest BCUT2D eigenvalue weighted by Gasteiger charge is -2.23. The van der Waals surface area contributed by atoms with E-state index in [4.69, 9.17) is 32.7 Å². The average Bonchev–Trinajstić information content (AvgIpc) is 2.59. The van der Waals surface area contributed by atoms with Crippen molar-refractivity contribution in [3.05, 3.63) is 57.6 Å². The first-order valence-electron chi connectivity index (χ1n) is 8.62. The van der Waals surface area contributed by atoms with Crippen LogP contribution in [-0.2, 0) is 6.61 Å². The normalized spacial score (nSPS) is 13.1. The smallest absolute Gasteiger partial charge is 0.217 e. The third-order valence-electron chi connectivity index (χ3n) is 4.10. The summed E-state index contributed by atoms with van der Waals surface area (Å²) >= 11 is 12.0. The van der Waals surface area contributed by atoms with Crippen molar-refractivity contribution in [1.82, 2.24) is 15.3 Å². The predicted molar refractivity (Wildman–Crippen MR) is 103 cm³/mol. The second-order valence-corrected chi connectivity index (χ2v) is 6.81. The Morgan fingerprint density at radius 3 is 2.65 bits per heavy atom. The number of hydrogen-bond donors (Lipinski definition) is 1. The molecule has 1 saturated carbocycles. The molecule has 0 aliphatic heterocycles. The van der Waals surface area contributed by atoms with E-state index in [2.05, 4.69) is 22.2 Å². The first-order valence-corrected chi connectivity index (χ1v) is 9.37. The van der Waals surface area contributed by atoms with Crippen LogP contribution in [0.1, 0.15) is 31.9 Å². The number of halogens is 2. The van der Waals surface area contributed by atoms with Gasteiger partial charge in [0.2, 0.25) is 5.88 Å². The van der Waals surface area contributed by atoms with Gasteiger partial charge in [-0.3, -0.25) is 4.98 Å². The lowest BCUT2D eigenvalue weighted by atomic mass is 9.90. The van der Waals surface area contributed by atoms with Gasteiger partial charge >= 0.3 is 0 Å². The van der Waals surface area contributed by atoms with Crippen molar-refractivity contribution in [1.29, 1.82) is 0 Å². The van der Waals surface area contributed by atoms with Gasteiger partial charge in [-0.05, 0) is 43.9 Å². The van der Waals surface area contributed by atoms with Crippen molar-refractivity contribution in [2.45, 2.75) is 32.8 Å². The van der Waals surface area contributed by atoms with Crippen molar-refractivity contribution in [3.63, 3.8) is 0 Å². The molecule has 0 aromatic carbocycles. The number of allylic oxidation sites excluding steroid dienone is 1. The van der Waals surface area contributed by atoms with Gasteiger partial charge < -0.3 is 14.8 Å². The monoisotopic (exact) mass is 393 g/mol. The van der Waals surface area contributed by atoms with E-state index in [9.17, 15) is 0 Å². The first kappa shape index (κ1) is 18.8. The Bertz CT molecular complexity index is 773. The molecule has 2 aromatic rings. The minimum absolute atomic E-state index is 0.285. The lowest BCUT2D eigenvalue weighted by molar-refractivity contribution is 0.292. The van der Waals surface area contributed by atoms with Gasteiger partial charge in [-0.25, -0.2) is 4.98 Å². The average molecular weight is 394 g/mol. The van der Waals surface area contributed by atoms with Gasteiger partial charge in [0.25, 0.3) is 0 Å². The molecule has 2 heterocycles. The molecule has 1 aliphatic carbocycles. The highest BCUT2D eigenvalue weighted by Crippen LogP contribution is 2.30. The van der Waals surface area contributed by atoms with Gasteiger partial charge in [-0.2, -0.15) is 0 Å². The Labute approximate surface area is 163 Å². The summed E-state index contributed by atoms with van der Waals surface area (Å²) < 4.78 is 11.6. The molecule has 3 rings (SSSR count). The van der Waals surface area contributed by atoms with Gasteiger partial charge in [0.1, 0.15) is 24.0 Å². The standard InChI is InChI=1S/C19H21Cl2N3O2/c1-2-22-17(13-4-3-5-13)12-26-19-8-18(16(21)10-24-19)25-11-15-7-6-14(20)9-23-15/h6-10,22H,2-5,11-12H2,1H3. The maximum Gasteiger partial charge on any atom is 0.217 e. The summed E-state index contributed by atoms with van der Waals surface area (Å²) in [5, 5.41) is 4.40. The fourth-order valence-corrected chi connectivity index (χ4v) is 2.80. The molecule has 1 aliphatic rings. The van der Waals surface area contributed by atoms with Crippen LogP contribution in [0, 0.1) is 0 Å². The maximum absolute atomic E-state index is 6.18. The summed E-state index contributed by atoms with van der Waals surface area (Å²) in [6.45, 7) is 3.71. The van der Waals surface area contributed by atoms with Gasteiger partial charge in [0, 0.05) is 24.5 Å². The van der Waals surface area contributed by atoms with E-state index in [1.807, 2.05) is 6.07 Å². The number of rotatable bonds is 8. The highest BCUT2D eigenvalue weighted by molar-refractivity contribution is 6.32. The zero-order chi connectivity index (χ0) is 18.4. The molecule has 7 heteroatoms. The molecule has 0 saturated heterocycles. The summed E-state index contributed by atoms with van der Waals surface area (Å²) in [5.74, 6) is 0.985. The van der Waals surface area contributed by atoms with E-state index in [1.165, 1.54) is 18.2 Å². The quantitative estimate of drug-likeness (QED) is 0.698. The Morgan fingerprint density at radius 2 is 2.00 bits per heavy atom. The van der Waals surface area contributed by atoms with E-state index < -0.39 is 0 Å². The van der Waals surface area contributed by atoms with Crippen molar-refractivity contribution >= 4 is 23.2 Å². The summed E-state index contributed by atoms with van der Waals surface area (Å²) in [4.78, 5) is 8.42. The Kier molecular flexibility index (Phi) is 6.58. The minimum Gasteiger partial charge on any atom is -0.485 e. The summed E-state index contributed by atoms with van der Waals surface area (Å²) in [7, 11) is 0. The molecule has 2 aromatic heterocycles. The summed E-state index contributed by atoms with van der Waals surface area (Å²) in [6, 6.07) is 5.28. The van der Waals surface area contributed by atoms with Crippen molar-refractivity contribution in [2.24, 2.45) is 0 Å². The number of ether oxygens (including phenoxy) is 2. The molecule has 138 valence electrons. The molecule has 0 amide bonds. The minimum atomic E-state index is 0.285. The van der Waals surface area contributed by atoms with Crippen LogP contribution in [0.5, 0.6) is 11.6 Å². The zero-order valence-corrected chi connectivity index (χ0v) is 16.1. The molecule has 26 heavy (non-hydrogen) atoms. The van der Waals surface area contributed by atoms with E-state index in [0.717, 1.165) is 30.8 Å². The molecule has 0 unspecified atom stereocenters. The van der Waals surface area contributed by atoms with Crippen LogP contribution in [0.2, 0.25) is 10.0 Å². The van der Waals surface area contributed by atoms with Crippen molar-refractivity contribution in [3.8, 4) is 11.6 Å². The fraction of sp³-hybridized carbons (Fsp3) is 0.368. The molecule has 1 fully saturated rings. The van der Waals surface area contributed by atoms with Crippen molar-refractivity contribution < 1.29 is 9.47 Å². The highest BCUT2D eigenvalue weighted by atomic mass is 35.5. The van der Waals surface area contributed by atoms with Gasteiger partial charge in [-0.15, -0.1) is 0 Å². The lowest BCUT2D eigenvalue weighted by Crippen LogP contribution is -2.23. The number of hydrogen-bond acceptors (Lipinski definition) is 5. The van der Waals surface area contributed by atoms with Crippen LogP contribution in [0.3, 0.4) is 0 Å². The van der Waals surface area contributed by atoms with Gasteiger partial charge in [0.05, 0.1) is 16.9 Å². The number of nitrogens with zero attached hydrogens (tertiary/aromatic N) is 2. The maximum atomic E-state index is 6.18. The molecule has 0 atom stereocenters. The van der Waals surface area contributed by atoms with Crippen LogP contribution in [0.15, 0.2) is 41.9 Å². The number of pyridine rings is 2. The Hall–Kier alpha value is -1.98. The molecular formula is C19H21Cl2N3O2. The largest absolute Gasteiger partial charge is 0.485 e. The number of aromatic nitrogens is 2. The predicted octanol–water partition coefficient (Wildman–Crippen LogP) is 4.79. The van der Waals surface area contributed by atoms with Gasteiger partial charge in [-0.1, -0.05) is 23.2 Å². The second-order valence-electron chi connectivity index (χ2n) is 5.96. The fourth-order valence-electron chi connectivity index (χ4n) is 2.53. The van der Waals surface area contributed by atoms with Crippen LogP contribution in [-0.4, -0.2) is 23.1 Å². The Morgan fingerprint density at radius 1 is 1.15 bits per heavy atom. The van der Waals surface area contributed by atoms with E-state index in [-0.39, 0.29) is 6.61 Å². The molecule has 0 radical (unpaired) electrons. The van der Waals surface area contributed by atoms with Gasteiger partial charge in [0.15, 0.2) is 0 Å². The Balaban J connectivity index is 1.62. The van der Waals surface area contributed by atoms with Crippen molar-refractivity contribution in [2.75, 3.05) is 13.2 Å². The molecule has 5 nitrogen and oxygen atoms in total. The van der Waals surface area contributed by atoms with Crippen LogP contribution < -0.4 is 14.8 Å². The van der Waals surface area contributed by atoms with Crippen LogP contribution >= 0.6 is 23.2 Å². The number of nitrogens with one attached hydrogen (secondary N) is 1. The number of likely N-dealkylation sites (N-methyl/N-ethyl adjacent to an activating group) is 1. The second kappa shape index (κ2) is 9.10. The topological polar surface area (TPSA) is 56.3 Å². The van der Waals surface area contributed by atoms with E-state index in [0.29, 0.717) is 28.3 Å². The third kappa shape index (κ3) is 5.02.